The standard InChI is InChI=1S/C27H24Cl2O8/c1-31-21-11-20-16(10-22(21)36-12-14-6-7-18(28)19(29)8-14)24(30)17(13-37-20)15-9-23(32-2)26(34-4)27(35-5)25(15)33-3/h6-11,13H,12H2,1-5H3. The Labute approximate surface area is 223 Å². The summed E-state index contributed by atoms with van der Waals surface area (Å²) in [6.45, 7) is 0.171. The average molecular weight is 547 g/mol. The highest BCUT2D eigenvalue weighted by molar-refractivity contribution is 6.42. The SMILES string of the molecule is COc1cc2occ(-c3cc(OC)c(OC)c(OC)c3OC)c(=O)c2cc1OCc1ccc(Cl)c(Cl)c1. The first-order valence-corrected chi connectivity index (χ1v) is 11.7. The van der Waals surface area contributed by atoms with Gasteiger partial charge in [0.2, 0.25) is 16.9 Å². The summed E-state index contributed by atoms with van der Waals surface area (Å²) < 4.78 is 39.3. The highest BCUT2D eigenvalue weighted by atomic mass is 35.5. The first-order valence-electron chi connectivity index (χ1n) is 10.9. The van der Waals surface area contributed by atoms with E-state index in [-0.39, 0.29) is 34.5 Å². The monoisotopic (exact) mass is 546 g/mol. The topological polar surface area (TPSA) is 85.6 Å². The fourth-order valence-corrected chi connectivity index (χ4v) is 4.24. The van der Waals surface area contributed by atoms with Gasteiger partial charge in [-0.05, 0) is 29.8 Å². The van der Waals surface area contributed by atoms with Crippen molar-refractivity contribution in [3.63, 3.8) is 0 Å². The van der Waals surface area contributed by atoms with Crippen LogP contribution in [0, 0.1) is 0 Å². The second kappa shape index (κ2) is 11.1. The zero-order valence-electron chi connectivity index (χ0n) is 20.8. The van der Waals surface area contributed by atoms with Crippen molar-refractivity contribution in [2.24, 2.45) is 0 Å². The summed E-state index contributed by atoms with van der Waals surface area (Å²) in [4.78, 5) is 13.7. The molecule has 4 rings (SSSR count). The average Bonchev–Trinajstić information content (AvgIpc) is 2.92. The normalized spacial score (nSPS) is 10.8. The third kappa shape index (κ3) is 4.95. The quantitative estimate of drug-likeness (QED) is 0.238. The van der Waals surface area contributed by atoms with Gasteiger partial charge < -0.3 is 32.8 Å². The minimum atomic E-state index is -0.323. The summed E-state index contributed by atoms with van der Waals surface area (Å²) in [5, 5.41) is 1.14. The zero-order chi connectivity index (χ0) is 26.7. The number of ether oxygens (including phenoxy) is 6. The number of benzene rings is 3. The van der Waals surface area contributed by atoms with Gasteiger partial charge in [-0.3, -0.25) is 4.79 Å². The number of fused-ring (bicyclic) bond motifs is 1. The van der Waals surface area contributed by atoms with Gasteiger partial charge in [0.15, 0.2) is 23.0 Å². The maximum absolute atomic E-state index is 13.7. The van der Waals surface area contributed by atoms with Crippen molar-refractivity contribution < 1.29 is 32.8 Å². The Bertz CT molecular complexity index is 1510. The van der Waals surface area contributed by atoms with Crippen molar-refractivity contribution in [2.45, 2.75) is 6.61 Å². The highest BCUT2D eigenvalue weighted by Gasteiger charge is 2.25. The zero-order valence-corrected chi connectivity index (χ0v) is 22.3. The van der Waals surface area contributed by atoms with E-state index in [1.165, 1.54) is 41.8 Å². The molecule has 37 heavy (non-hydrogen) atoms. The third-order valence-corrected chi connectivity index (χ3v) is 6.45. The van der Waals surface area contributed by atoms with E-state index >= 15 is 0 Å². The van der Waals surface area contributed by atoms with E-state index in [1.54, 1.807) is 36.4 Å². The summed E-state index contributed by atoms with van der Waals surface area (Å²) >= 11 is 12.1. The van der Waals surface area contributed by atoms with Crippen LogP contribution in [0.25, 0.3) is 22.1 Å². The van der Waals surface area contributed by atoms with Crippen LogP contribution < -0.4 is 33.8 Å². The number of hydrogen-bond acceptors (Lipinski definition) is 8. The van der Waals surface area contributed by atoms with Crippen molar-refractivity contribution in [3.05, 3.63) is 68.5 Å². The highest BCUT2D eigenvalue weighted by Crippen LogP contribution is 2.49. The molecule has 0 spiro atoms. The molecule has 0 atom stereocenters. The molecule has 0 bridgehead atoms. The van der Waals surface area contributed by atoms with Gasteiger partial charge in [-0.2, -0.15) is 0 Å². The first kappa shape index (κ1) is 26.3. The van der Waals surface area contributed by atoms with Crippen molar-refractivity contribution in [1.82, 2.24) is 0 Å². The Balaban J connectivity index is 1.84. The van der Waals surface area contributed by atoms with Gasteiger partial charge in [0, 0.05) is 11.6 Å². The lowest BCUT2D eigenvalue weighted by molar-refractivity contribution is 0.285. The molecule has 0 fully saturated rings. The van der Waals surface area contributed by atoms with E-state index in [4.69, 9.17) is 56.0 Å². The van der Waals surface area contributed by atoms with Gasteiger partial charge in [0.25, 0.3) is 0 Å². The lowest BCUT2D eigenvalue weighted by atomic mass is 10.0. The third-order valence-electron chi connectivity index (χ3n) is 5.72. The summed E-state index contributed by atoms with van der Waals surface area (Å²) in [6.07, 6.45) is 1.35. The van der Waals surface area contributed by atoms with Gasteiger partial charge >= 0.3 is 0 Å². The van der Waals surface area contributed by atoms with E-state index in [9.17, 15) is 4.79 Å². The summed E-state index contributed by atoms with van der Waals surface area (Å²) in [7, 11) is 7.41. The first-order chi connectivity index (χ1) is 17.9. The molecule has 10 heteroatoms. The molecule has 0 saturated carbocycles. The molecule has 0 unspecified atom stereocenters. The molecule has 0 aliphatic heterocycles. The molecule has 0 aliphatic rings. The van der Waals surface area contributed by atoms with E-state index < -0.39 is 0 Å². The number of halogens is 2. The van der Waals surface area contributed by atoms with Gasteiger partial charge in [-0.25, -0.2) is 0 Å². The molecular formula is C27H24Cl2O8. The van der Waals surface area contributed by atoms with Crippen molar-refractivity contribution in [1.29, 1.82) is 0 Å². The van der Waals surface area contributed by atoms with Crippen LogP contribution in [-0.4, -0.2) is 35.5 Å². The molecule has 0 amide bonds. The molecule has 3 aromatic carbocycles. The van der Waals surface area contributed by atoms with Crippen LogP contribution in [-0.2, 0) is 6.61 Å². The minimum absolute atomic E-state index is 0.171. The largest absolute Gasteiger partial charge is 0.493 e. The van der Waals surface area contributed by atoms with Gasteiger partial charge in [0.1, 0.15) is 18.5 Å². The predicted molar refractivity (Wildman–Crippen MR) is 141 cm³/mol. The molecule has 0 aliphatic carbocycles. The minimum Gasteiger partial charge on any atom is -0.493 e. The Morgan fingerprint density at radius 2 is 1.41 bits per heavy atom. The Hall–Kier alpha value is -3.75. The second-order valence-corrected chi connectivity index (χ2v) is 8.56. The Morgan fingerprint density at radius 3 is 2.03 bits per heavy atom. The molecule has 0 N–H and O–H groups in total. The smallest absolute Gasteiger partial charge is 0.207 e. The molecule has 0 saturated heterocycles. The van der Waals surface area contributed by atoms with E-state index in [2.05, 4.69) is 0 Å². The van der Waals surface area contributed by atoms with Crippen LogP contribution in [0.2, 0.25) is 10.0 Å². The van der Waals surface area contributed by atoms with E-state index in [1.807, 2.05) is 0 Å². The molecule has 4 aromatic rings. The van der Waals surface area contributed by atoms with E-state index in [0.717, 1.165) is 5.56 Å². The molecule has 0 radical (unpaired) electrons. The van der Waals surface area contributed by atoms with Crippen LogP contribution >= 0.6 is 23.2 Å². The lowest BCUT2D eigenvalue weighted by Crippen LogP contribution is -2.08. The van der Waals surface area contributed by atoms with Crippen molar-refractivity contribution >= 4 is 34.2 Å². The fourth-order valence-electron chi connectivity index (χ4n) is 3.92. The maximum atomic E-state index is 13.7. The van der Waals surface area contributed by atoms with Crippen LogP contribution in [0.5, 0.6) is 34.5 Å². The summed E-state index contributed by atoms with van der Waals surface area (Å²) in [6, 6.07) is 9.99. The number of hydrogen-bond donors (Lipinski definition) is 0. The molecule has 194 valence electrons. The fraction of sp³-hybridized carbons (Fsp3) is 0.222. The molecule has 1 heterocycles. The van der Waals surface area contributed by atoms with Gasteiger partial charge in [-0.15, -0.1) is 0 Å². The molecule has 8 nitrogen and oxygen atoms in total. The van der Waals surface area contributed by atoms with Crippen LogP contribution in [0.1, 0.15) is 5.56 Å². The Morgan fingerprint density at radius 1 is 0.703 bits per heavy atom. The Kier molecular flexibility index (Phi) is 7.90. The summed E-state index contributed by atoms with van der Waals surface area (Å²) in [5.41, 5.74) is 1.42. The van der Waals surface area contributed by atoms with Crippen LogP contribution in [0.4, 0.5) is 0 Å². The van der Waals surface area contributed by atoms with Crippen LogP contribution in [0.3, 0.4) is 0 Å². The summed E-state index contributed by atoms with van der Waals surface area (Å²) in [5.74, 6) is 2.00. The second-order valence-electron chi connectivity index (χ2n) is 7.74. The number of rotatable bonds is 9. The molecular weight excluding hydrogens is 523 g/mol. The number of methoxy groups -OCH3 is 5. The van der Waals surface area contributed by atoms with Crippen LogP contribution in [0.15, 0.2) is 51.9 Å². The predicted octanol–water partition coefficient (Wildman–Crippen LogP) is 6.39. The van der Waals surface area contributed by atoms with Crippen molar-refractivity contribution in [3.8, 4) is 45.6 Å². The maximum Gasteiger partial charge on any atom is 0.207 e. The van der Waals surface area contributed by atoms with Gasteiger partial charge in [-0.1, -0.05) is 29.3 Å². The van der Waals surface area contributed by atoms with E-state index in [0.29, 0.717) is 44.2 Å². The van der Waals surface area contributed by atoms with Crippen molar-refractivity contribution in [2.75, 3.05) is 35.5 Å². The van der Waals surface area contributed by atoms with Gasteiger partial charge in [0.05, 0.1) is 56.5 Å². The lowest BCUT2D eigenvalue weighted by Gasteiger charge is -2.18. The molecule has 1 aromatic heterocycles.